The summed E-state index contributed by atoms with van der Waals surface area (Å²) in [5.74, 6) is 0. The van der Waals surface area contributed by atoms with Crippen molar-refractivity contribution >= 4 is 44.8 Å². The maximum Gasteiger partial charge on any atom is 0.0636 e. The molecule has 0 fully saturated rings. The van der Waals surface area contributed by atoms with Gasteiger partial charge < -0.3 is 11.1 Å². The summed E-state index contributed by atoms with van der Waals surface area (Å²) in [7, 11) is 0. The molecule has 2 rings (SSSR count). The molecule has 0 bridgehead atoms. The van der Waals surface area contributed by atoms with Crippen LogP contribution in [0.4, 0.5) is 5.69 Å². The number of anilines is 1. The van der Waals surface area contributed by atoms with Gasteiger partial charge in [0.25, 0.3) is 0 Å². The molecule has 2 aromatic rings. The number of hydrogen-bond acceptors (Lipinski definition) is 2. The van der Waals surface area contributed by atoms with Crippen molar-refractivity contribution in [1.82, 2.24) is 0 Å². The molecule has 0 spiro atoms. The van der Waals surface area contributed by atoms with E-state index in [2.05, 4.69) is 21.2 Å². The van der Waals surface area contributed by atoms with Crippen molar-refractivity contribution in [2.75, 3.05) is 11.9 Å². The van der Waals surface area contributed by atoms with E-state index >= 15 is 0 Å². The Morgan fingerprint density at radius 1 is 1.11 bits per heavy atom. The Kier molecular flexibility index (Phi) is 5.11. The maximum atomic E-state index is 6.07. The first kappa shape index (κ1) is 14.7. The maximum absolute atomic E-state index is 6.07. The second-order valence-corrected chi connectivity index (χ2v) is 5.81. The second kappa shape index (κ2) is 6.62. The third-order valence-electron chi connectivity index (χ3n) is 2.77. The first-order valence-corrected chi connectivity index (χ1v) is 7.32. The normalized spacial score (nSPS) is 12.2. The van der Waals surface area contributed by atoms with Crippen molar-refractivity contribution in [3.8, 4) is 0 Å². The van der Waals surface area contributed by atoms with Crippen molar-refractivity contribution in [3.63, 3.8) is 0 Å². The second-order valence-electron chi connectivity index (χ2n) is 4.11. The standard InChI is InChI=1S/C14H13BrCl2N2/c15-12-6-5-11(7-13(12)17)19-14(8-18)9-1-3-10(16)4-2-9/h1-7,14,19H,8,18H2. The molecular weight excluding hydrogens is 347 g/mol. The van der Waals surface area contributed by atoms with E-state index in [9.17, 15) is 0 Å². The molecule has 3 N–H and O–H groups in total. The minimum atomic E-state index is 0.0227. The summed E-state index contributed by atoms with van der Waals surface area (Å²) >= 11 is 15.3. The van der Waals surface area contributed by atoms with Gasteiger partial charge in [-0.2, -0.15) is 0 Å². The molecular formula is C14H13BrCl2N2. The molecule has 0 amide bonds. The third-order valence-corrected chi connectivity index (χ3v) is 4.25. The number of nitrogens with two attached hydrogens (primary N) is 1. The summed E-state index contributed by atoms with van der Waals surface area (Å²) in [6.45, 7) is 0.481. The highest BCUT2D eigenvalue weighted by atomic mass is 79.9. The van der Waals surface area contributed by atoms with Gasteiger partial charge in [-0.1, -0.05) is 35.3 Å². The summed E-state index contributed by atoms with van der Waals surface area (Å²) in [5, 5.41) is 4.74. The fourth-order valence-electron chi connectivity index (χ4n) is 1.76. The van der Waals surface area contributed by atoms with Crippen molar-refractivity contribution < 1.29 is 0 Å². The molecule has 0 aliphatic carbocycles. The van der Waals surface area contributed by atoms with E-state index in [0.717, 1.165) is 15.7 Å². The average molecular weight is 360 g/mol. The van der Waals surface area contributed by atoms with Gasteiger partial charge in [0.1, 0.15) is 0 Å². The zero-order valence-electron chi connectivity index (χ0n) is 10.0. The molecule has 0 heterocycles. The van der Waals surface area contributed by atoms with Gasteiger partial charge in [-0.15, -0.1) is 0 Å². The number of nitrogens with one attached hydrogen (secondary N) is 1. The van der Waals surface area contributed by atoms with Gasteiger partial charge in [0, 0.05) is 21.7 Å². The Morgan fingerprint density at radius 3 is 2.37 bits per heavy atom. The van der Waals surface area contributed by atoms with Crippen molar-refractivity contribution in [3.05, 3.63) is 62.5 Å². The van der Waals surface area contributed by atoms with Crippen LogP contribution in [-0.2, 0) is 0 Å². The summed E-state index contributed by atoms with van der Waals surface area (Å²) in [6.07, 6.45) is 0. The summed E-state index contributed by atoms with van der Waals surface area (Å²) in [6, 6.07) is 13.4. The van der Waals surface area contributed by atoms with Gasteiger partial charge in [-0.25, -0.2) is 0 Å². The van der Waals surface area contributed by atoms with Gasteiger partial charge >= 0.3 is 0 Å². The molecule has 1 atom stereocenters. The lowest BCUT2D eigenvalue weighted by molar-refractivity contribution is 0.790. The Morgan fingerprint density at radius 2 is 1.79 bits per heavy atom. The molecule has 1 unspecified atom stereocenters. The molecule has 0 aromatic heterocycles. The van der Waals surface area contributed by atoms with Crippen LogP contribution in [0.15, 0.2) is 46.9 Å². The molecule has 19 heavy (non-hydrogen) atoms. The van der Waals surface area contributed by atoms with E-state index < -0.39 is 0 Å². The first-order chi connectivity index (χ1) is 9.10. The molecule has 100 valence electrons. The largest absolute Gasteiger partial charge is 0.377 e. The number of benzene rings is 2. The van der Waals surface area contributed by atoms with Crippen LogP contribution in [0.3, 0.4) is 0 Å². The van der Waals surface area contributed by atoms with Gasteiger partial charge in [-0.3, -0.25) is 0 Å². The van der Waals surface area contributed by atoms with E-state index in [1.807, 2.05) is 42.5 Å². The van der Waals surface area contributed by atoms with Crippen LogP contribution in [0.1, 0.15) is 11.6 Å². The topological polar surface area (TPSA) is 38.0 Å². The predicted octanol–water partition coefficient (Wildman–Crippen LogP) is 4.87. The van der Waals surface area contributed by atoms with Crippen LogP contribution >= 0.6 is 39.1 Å². The van der Waals surface area contributed by atoms with E-state index in [4.69, 9.17) is 28.9 Å². The Hall–Kier alpha value is -0.740. The lowest BCUT2D eigenvalue weighted by atomic mass is 10.1. The van der Waals surface area contributed by atoms with E-state index in [1.165, 1.54) is 0 Å². The number of halogens is 3. The summed E-state index contributed by atoms with van der Waals surface area (Å²) < 4.78 is 0.871. The zero-order valence-corrected chi connectivity index (χ0v) is 13.1. The molecule has 0 radical (unpaired) electrons. The van der Waals surface area contributed by atoms with Gasteiger partial charge in [0.15, 0.2) is 0 Å². The van der Waals surface area contributed by atoms with Crippen LogP contribution in [0.25, 0.3) is 0 Å². The van der Waals surface area contributed by atoms with E-state index in [1.54, 1.807) is 0 Å². The third kappa shape index (κ3) is 3.86. The van der Waals surface area contributed by atoms with Crippen LogP contribution < -0.4 is 11.1 Å². The molecule has 0 saturated heterocycles. The molecule has 2 aromatic carbocycles. The van der Waals surface area contributed by atoms with Gasteiger partial charge in [0.05, 0.1) is 11.1 Å². The minimum Gasteiger partial charge on any atom is -0.377 e. The highest BCUT2D eigenvalue weighted by Gasteiger charge is 2.10. The molecule has 0 aliphatic heterocycles. The average Bonchev–Trinajstić information content (AvgIpc) is 2.41. The van der Waals surface area contributed by atoms with Crippen molar-refractivity contribution in [1.29, 1.82) is 0 Å². The Bertz CT molecular complexity index is 558. The molecule has 2 nitrogen and oxygen atoms in total. The van der Waals surface area contributed by atoms with Crippen LogP contribution in [0, 0.1) is 0 Å². The first-order valence-electron chi connectivity index (χ1n) is 5.77. The number of hydrogen-bond donors (Lipinski definition) is 2. The highest BCUT2D eigenvalue weighted by Crippen LogP contribution is 2.28. The highest BCUT2D eigenvalue weighted by molar-refractivity contribution is 9.10. The molecule has 0 saturated carbocycles. The van der Waals surface area contributed by atoms with E-state index in [0.29, 0.717) is 16.6 Å². The van der Waals surface area contributed by atoms with Crippen LogP contribution in [0.2, 0.25) is 10.0 Å². The molecule has 0 aliphatic rings. The minimum absolute atomic E-state index is 0.0227. The van der Waals surface area contributed by atoms with Crippen LogP contribution in [0.5, 0.6) is 0 Å². The fraction of sp³-hybridized carbons (Fsp3) is 0.143. The monoisotopic (exact) mass is 358 g/mol. The van der Waals surface area contributed by atoms with Crippen molar-refractivity contribution in [2.45, 2.75) is 6.04 Å². The predicted molar refractivity (Wildman–Crippen MR) is 86.0 cm³/mol. The summed E-state index contributed by atoms with van der Waals surface area (Å²) in [5.41, 5.74) is 7.84. The van der Waals surface area contributed by atoms with Gasteiger partial charge in [-0.05, 0) is 51.8 Å². The van der Waals surface area contributed by atoms with Crippen molar-refractivity contribution in [2.24, 2.45) is 5.73 Å². The Balaban J connectivity index is 2.18. The number of rotatable bonds is 4. The van der Waals surface area contributed by atoms with Gasteiger partial charge in [0.2, 0.25) is 0 Å². The lowest BCUT2D eigenvalue weighted by Crippen LogP contribution is -2.20. The smallest absolute Gasteiger partial charge is 0.0636 e. The van der Waals surface area contributed by atoms with E-state index in [-0.39, 0.29) is 6.04 Å². The molecule has 5 heteroatoms. The summed E-state index contributed by atoms with van der Waals surface area (Å²) in [4.78, 5) is 0. The SMILES string of the molecule is NCC(Nc1ccc(Br)c(Cl)c1)c1ccc(Cl)cc1. The lowest BCUT2D eigenvalue weighted by Gasteiger charge is -2.19. The zero-order chi connectivity index (χ0) is 13.8. The fourth-order valence-corrected chi connectivity index (χ4v) is 2.31. The Labute approximate surface area is 131 Å². The van der Waals surface area contributed by atoms with Crippen LogP contribution in [-0.4, -0.2) is 6.54 Å². The quantitative estimate of drug-likeness (QED) is 0.817.